The quantitative estimate of drug-likeness (QED) is 0.905. The van der Waals surface area contributed by atoms with E-state index in [4.69, 9.17) is 5.73 Å². The van der Waals surface area contributed by atoms with Crippen molar-refractivity contribution in [2.24, 2.45) is 10.7 Å². The highest BCUT2D eigenvalue weighted by Gasteiger charge is 2.23. The van der Waals surface area contributed by atoms with Gasteiger partial charge in [-0.1, -0.05) is 60.7 Å². The highest BCUT2D eigenvalue weighted by Crippen LogP contribution is 2.27. The minimum Gasteiger partial charge on any atom is -0.384 e. The normalized spacial score (nSPS) is 18.4. The highest BCUT2D eigenvalue weighted by atomic mass is 15.2. The molecule has 1 unspecified atom stereocenters. The van der Waals surface area contributed by atoms with Crippen molar-refractivity contribution in [2.75, 3.05) is 7.05 Å². The molecule has 100 valence electrons. The molecular weight excluding hydrogens is 246 g/mol. The zero-order valence-electron chi connectivity index (χ0n) is 11.4. The summed E-state index contributed by atoms with van der Waals surface area (Å²) in [6, 6.07) is 20.6. The van der Waals surface area contributed by atoms with E-state index in [9.17, 15) is 0 Å². The van der Waals surface area contributed by atoms with E-state index in [1.165, 1.54) is 5.56 Å². The fourth-order valence-electron chi connectivity index (χ4n) is 2.47. The summed E-state index contributed by atoms with van der Waals surface area (Å²) in [6.07, 6.45) is 1.99. The summed E-state index contributed by atoms with van der Waals surface area (Å²) in [6.45, 7) is 0. The lowest BCUT2D eigenvalue weighted by molar-refractivity contribution is 0.429. The minimum absolute atomic E-state index is 0.115. The van der Waals surface area contributed by atoms with Crippen molar-refractivity contribution in [3.05, 3.63) is 83.7 Å². The molecule has 1 aliphatic heterocycles. The molecule has 0 radical (unpaired) electrons. The van der Waals surface area contributed by atoms with Gasteiger partial charge in [-0.25, -0.2) is 4.99 Å². The molecule has 0 aliphatic carbocycles. The second-order valence-corrected chi connectivity index (χ2v) is 4.86. The molecule has 3 rings (SSSR count). The maximum Gasteiger partial charge on any atom is 0.138 e. The average molecular weight is 263 g/mol. The van der Waals surface area contributed by atoms with Crippen molar-refractivity contribution in [3.63, 3.8) is 0 Å². The summed E-state index contributed by atoms with van der Waals surface area (Å²) in [4.78, 5) is 6.64. The molecule has 20 heavy (non-hydrogen) atoms. The van der Waals surface area contributed by atoms with Crippen LogP contribution in [0.15, 0.2) is 77.6 Å². The number of benzene rings is 2. The lowest BCUT2D eigenvalue weighted by Crippen LogP contribution is -2.34. The Morgan fingerprint density at radius 2 is 1.55 bits per heavy atom. The van der Waals surface area contributed by atoms with E-state index in [1.54, 1.807) is 0 Å². The molecule has 2 aromatic carbocycles. The van der Waals surface area contributed by atoms with E-state index in [0.717, 1.165) is 11.4 Å². The molecule has 0 spiro atoms. The number of likely N-dealkylation sites (N-methyl/N-ethyl adjacent to an activating group) is 1. The van der Waals surface area contributed by atoms with Crippen LogP contribution in [0.2, 0.25) is 0 Å². The molecule has 1 aliphatic rings. The number of hydrogen-bond acceptors (Lipinski definition) is 3. The van der Waals surface area contributed by atoms with Crippen LogP contribution < -0.4 is 5.73 Å². The van der Waals surface area contributed by atoms with E-state index < -0.39 is 0 Å². The van der Waals surface area contributed by atoms with Crippen LogP contribution in [0, 0.1) is 0 Å². The zero-order valence-corrected chi connectivity index (χ0v) is 11.4. The summed E-state index contributed by atoms with van der Waals surface area (Å²) in [5, 5.41) is 0. The maximum absolute atomic E-state index is 6.00. The van der Waals surface area contributed by atoms with Gasteiger partial charge >= 0.3 is 0 Å². The molecule has 0 saturated carbocycles. The molecule has 3 nitrogen and oxygen atoms in total. The van der Waals surface area contributed by atoms with E-state index in [2.05, 4.69) is 34.2 Å². The van der Waals surface area contributed by atoms with Crippen molar-refractivity contribution in [2.45, 2.75) is 6.04 Å². The first-order chi connectivity index (χ1) is 9.75. The fourth-order valence-corrected chi connectivity index (χ4v) is 2.47. The van der Waals surface area contributed by atoms with E-state index in [1.807, 2.05) is 49.5 Å². The van der Waals surface area contributed by atoms with Crippen LogP contribution in [-0.4, -0.2) is 17.8 Å². The van der Waals surface area contributed by atoms with E-state index >= 15 is 0 Å². The molecule has 0 amide bonds. The summed E-state index contributed by atoms with van der Waals surface area (Å²) in [5.41, 5.74) is 8.28. The Morgan fingerprint density at radius 1 is 0.950 bits per heavy atom. The fraction of sp³-hybridized carbons (Fsp3) is 0.118. The molecule has 2 N–H and O–H groups in total. The number of nitrogens with two attached hydrogens (primary N) is 1. The van der Waals surface area contributed by atoms with Crippen LogP contribution in [0.1, 0.15) is 17.2 Å². The molecule has 2 aromatic rings. The highest BCUT2D eigenvalue weighted by molar-refractivity contribution is 6.00. The Bertz CT molecular complexity index is 644. The number of rotatable bonds is 2. The predicted molar refractivity (Wildman–Crippen MR) is 82.2 cm³/mol. The van der Waals surface area contributed by atoms with Crippen molar-refractivity contribution in [1.82, 2.24) is 4.90 Å². The van der Waals surface area contributed by atoms with Crippen molar-refractivity contribution >= 4 is 5.84 Å². The summed E-state index contributed by atoms with van der Waals surface area (Å²) >= 11 is 0. The lowest BCUT2D eigenvalue weighted by Gasteiger charge is -2.32. The molecule has 1 atom stereocenters. The van der Waals surface area contributed by atoms with Crippen molar-refractivity contribution < 1.29 is 0 Å². The number of nitrogens with zero attached hydrogens (tertiary/aromatic N) is 2. The number of hydrogen-bond donors (Lipinski definition) is 1. The van der Waals surface area contributed by atoms with Gasteiger partial charge < -0.3 is 10.6 Å². The SMILES string of the molecule is CN1C(c2ccccc2)=NC(N)=CC1c1ccccc1. The number of aliphatic imine (C=N–C) groups is 1. The van der Waals surface area contributed by atoms with Gasteiger partial charge in [-0.2, -0.15) is 0 Å². The Kier molecular flexibility index (Phi) is 3.25. The van der Waals surface area contributed by atoms with Crippen molar-refractivity contribution in [1.29, 1.82) is 0 Å². The maximum atomic E-state index is 6.00. The van der Waals surface area contributed by atoms with Crippen LogP contribution in [-0.2, 0) is 0 Å². The molecule has 3 heteroatoms. The zero-order chi connectivity index (χ0) is 13.9. The average Bonchev–Trinajstić information content (AvgIpc) is 2.51. The molecule has 0 saturated heterocycles. The third kappa shape index (κ3) is 2.30. The Labute approximate surface area is 119 Å². The third-order valence-corrected chi connectivity index (χ3v) is 3.49. The van der Waals surface area contributed by atoms with Gasteiger partial charge in [0.1, 0.15) is 11.7 Å². The van der Waals surface area contributed by atoms with Gasteiger partial charge in [0.05, 0.1) is 6.04 Å². The van der Waals surface area contributed by atoms with Crippen LogP contribution in [0.25, 0.3) is 0 Å². The predicted octanol–water partition coefficient (Wildman–Crippen LogP) is 2.92. The van der Waals surface area contributed by atoms with Crippen LogP contribution in [0.3, 0.4) is 0 Å². The largest absolute Gasteiger partial charge is 0.384 e. The van der Waals surface area contributed by atoms with Gasteiger partial charge in [0.25, 0.3) is 0 Å². The van der Waals surface area contributed by atoms with Crippen LogP contribution in [0.4, 0.5) is 0 Å². The molecule has 0 aromatic heterocycles. The van der Waals surface area contributed by atoms with Gasteiger partial charge in [0, 0.05) is 12.6 Å². The third-order valence-electron chi connectivity index (χ3n) is 3.49. The van der Waals surface area contributed by atoms with E-state index in [-0.39, 0.29) is 6.04 Å². The first-order valence-corrected chi connectivity index (χ1v) is 6.65. The van der Waals surface area contributed by atoms with Crippen molar-refractivity contribution in [3.8, 4) is 0 Å². The topological polar surface area (TPSA) is 41.6 Å². The molecule has 1 heterocycles. The van der Waals surface area contributed by atoms with Crippen LogP contribution >= 0.6 is 0 Å². The summed E-state index contributed by atoms with van der Waals surface area (Å²) < 4.78 is 0. The monoisotopic (exact) mass is 263 g/mol. The second-order valence-electron chi connectivity index (χ2n) is 4.86. The van der Waals surface area contributed by atoms with Crippen LogP contribution in [0.5, 0.6) is 0 Å². The summed E-state index contributed by atoms with van der Waals surface area (Å²) in [7, 11) is 2.05. The standard InChI is InChI=1S/C17H17N3/c1-20-15(13-8-4-2-5-9-13)12-16(18)19-17(20)14-10-6-3-7-11-14/h2-12,15H,18H2,1H3. The molecule has 0 bridgehead atoms. The first-order valence-electron chi connectivity index (χ1n) is 6.65. The van der Waals surface area contributed by atoms with Gasteiger partial charge in [-0.15, -0.1) is 0 Å². The summed E-state index contributed by atoms with van der Waals surface area (Å²) in [5.74, 6) is 1.47. The second kappa shape index (κ2) is 5.21. The van der Waals surface area contributed by atoms with Gasteiger partial charge in [-0.3, -0.25) is 0 Å². The minimum atomic E-state index is 0.115. The van der Waals surface area contributed by atoms with Gasteiger partial charge in [0.2, 0.25) is 0 Å². The van der Waals surface area contributed by atoms with Gasteiger partial charge in [-0.05, 0) is 11.6 Å². The number of amidine groups is 1. The lowest BCUT2D eigenvalue weighted by atomic mass is 10.0. The molecule has 0 fully saturated rings. The van der Waals surface area contributed by atoms with E-state index in [0.29, 0.717) is 5.82 Å². The van der Waals surface area contributed by atoms with Gasteiger partial charge in [0.15, 0.2) is 0 Å². The Hall–Kier alpha value is -2.55. The smallest absolute Gasteiger partial charge is 0.138 e. The Morgan fingerprint density at radius 3 is 2.20 bits per heavy atom. The Balaban J connectivity index is 2.01. The molecular formula is C17H17N3. The first kappa shape index (κ1) is 12.5.